The van der Waals surface area contributed by atoms with Crippen LogP contribution in [0.15, 0.2) is 79.1 Å². The second-order valence-corrected chi connectivity index (χ2v) is 19.4. The number of nitriles is 1. The third-order valence-electron chi connectivity index (χ3n) is 12.4. The van der Waals surface area contributed by atoms with Gasteiger partial charge < -0.3 is 24.4 Å². The van der Waals surface area contributed by atoms with Crippen molar-refractivity contribution in [1.29, 1.82) is 5.26 Å². The van der Waals surface area contributed by atoms with E-state index in [4.69, 9.17) is 9.26 Å². The molecule has 1 aliphatic carbocycles. The van der Waals surface area contributed by atoms with E-state index in [2.05, 4.69) is 21.5 Å². The third kappa shape index (κ3) is 7.93. The Morgan fingerprint density at radius 2 is 1.88 bits per heavy atom. The lowest BCUT2D eigenvalue weighted by molar-refractivity contribution is -0.147. The number of pyridine rings is 1. The zero-order chi connectivity index (χ0) is 42.2. The van der Waals surface area contributed by atoms with Gasteiger partial charge in [0.2, 0.25) is 17.7 Å². The Labute approximate surface area is 352 Å². The van der Waals surface area contributed by atoms with Gasteiger partial charge in [-0.3, -0.25) is 28.7 Å². The zero-order valence-corrected chi connectivity index (χ0v) is 35.2. The highest BCUT2D eigenvalue weighted by molar-refractivity contribution is 7.57. The van der Waals surface area contributed by atoms with E-state index in [1.54, 1.807) is 47.6 Å². The fraction of sp³-hybridized carbons (Fsp3) is 0.455. The van der Waals surface area contributed by atoms with E-state index in [0.717, 1.165) is 18.4 Å². The van der Waals surface area contributed by atoms with E-state index >= 15 is 4.39 Å². The van der Waals surface area contributed by atoms with Crippen LogP contribution in [0.1, 0.15) is 97.8 Å². The summed E-state index contributed by atoms with van der Waals surface area (Å²) in [6, 6.07) is 17.8. The van der Waals surface area contributed by atoms with Crippen LogP contribution in [0, 0.1) is 17.2 Å². The molecule has 3 amide bonds. The Morgan fingerprint density at radius 3 is 2.60 bits per heavy atom. The molecule has 2 aromatic heterocycles. The molecule has 13 nitrogen and oxygen atoms in total. The number of carbonyl (C=O) groups is 4. The van der Waals surface area contributed by atoms with Crippen molar-refractivity contribution < 1.29 is 37.4 Å². The van der Waals surface area contributed by atoms with Gasteiger partial charge in [0.05, 0.1) is 29.0 Å². The Bertz CT molecular complexity index is 2360. The number of para-hydroxylation sites is 1. The first-order valence-electron chi connectivity index (χ1n) is 20.7. The predicted molar refractivity (Wildman–Crippen MR) is 223 cm³/mol. The number of alkyl halides is 1. The second-order valence-electron chi connectivity index (χ2n) is 16.3. The molecule has 60 heavy (non-hydrogen) atoms. The number of thiophene rings is 1. The Hall–Kier alpha value is -5.16. The minimum absolute atomic E-state index is 0.0155. The summed E-state index contributed by atoms with van der Waals surface area (Å²) >= 11 is 1.17. The number of hydrogen-bond acceptors (Lipinski definition) is 10. The molecule has 8 atom stereocenters. The van der Waals surface area contributed by atoms with E-state index in [-0.39, 0.29) is 47.6 Å². The quantitative estimate of drug-likeness (QED) is 0.102. The van der Waals surface area contributed by atoms with E-state index < -0.39 is 49.0 Å². The molecule has 1 spiro atoms. The summed E-state index contributed by atoms with van der Waals surface area (Å²) in [6.07, 6.45) is 8.54. The number of likely N-dealkylation sites (tertiary alicyclic amines) is 1. The zero-order valence-electron chi connectivity index (χ0n) is 33.5. The van der Waals surface area contributed by atoms with Crippen molar-refractivity contribution in [3.8, 4) is 11.8 Å². The summed E-state index contributed by atoms with van der Waals surface area (Å²) in [5.74, 6) is -4.16. The summed E-state index contributed by atoms with van der Waals surface area (Å²) in [5.41, 5.74) is 0.400. The van der Waals surface area contributed by atoms with E-state index in [1.165, 1.54) is 42.5 Å². The Kier molecular flexibility index (Phi) is 11.8. The van der Waals surface area contributed by atoms with Gasteiger partial charge in [0, 0.05) is 35.6 Å². The maximum atomic E-state index is 16.5. The van der Waals surface area contributed by atoms with Gasteiger partial charge in [0.25, 0.3) is 5.91 Å². The van der Waals surface area contributed by atoms with E-state index in [9.17, 15) is 29.0 Å². The number of esters is 1. The van der Waals surface area contributed by atoms with Crippen molar-refractivity contribution in [2.24, 2.45) is 5.92 Å². The van der Waals surface area contributed by atoms with Gasteiger partial charge in [-0.2, -0.15) is 5.26 Å². The van der Waals surface area contributed by atoms with Crippen LogP contribution in [-0.2, 0) is 23.7 Å². The molecule has 1 saturated carbocycles. The molecular weight excluding hydrogens is 807 g/mol. The summed E-state index contributed by atoms with van der Waals surface area (Å²) in [6.45, 7) is 3.82. The molecule has 0 bridgehead atoms. The predicted octanol–water partition coefficient (Wildman–Crippen LogP) is 7.41. The number of fused-ring (bicyclic) bond motifs is 2. The highest BCUT2D eigenvalue weighted by atomic mass is 32.1. The fourth-order valence-corrected chi connectivity index (χ4v) is 12.1. The highest BCUT2D eigenvalue weighted by Crippen LogP contribution is 2.59. The normalized spacial score (nSPS) is 25.1. The number of halogens is 1. The van der Waals surface area contributed by atoms with E-state index in [0.29, 0.717) is 60.0 Å². The maximum absolute atomic E-state index is 16.5. The molecule has 3 saturated heterocycles. The van der Waals surface area contributed by atoms with Crippen LogP contribution in [0.25, 0.3) is 10.1 Å². The third-order valence-corrected chi connectivity index (χ3v) is 15.6. The lowest BCUT2D eigenvalue weighted by atomic mass is 9.85. The van der Waals surface area contributed by atoms with Crippen molar-refractivity contribution in [2.75, 3.05) is 13.2 Å². The molecule has 4 aliphatic rings. The largest absolute Gasteiger partial charge is 0.465 e. The van der Waals surface area contributed by atoms with E-state index in [1.807, 2.05) is 24.0 Å². The van der Waals surface area contributed by atoms with Crippen LogP contribution < -0.4 is 14.9 Å². The average molecular weight is 855 g/mol. The summed E-state index contributed by atoms with van der Waals surface area (Å²) in [5, 5.41) is 16.3. The Balaban J connectivity index is 0.980. The van der Waals surface area contributed by atoms with Gasteiger partial charge in [-0.05, 0) is 111 Å². The van der Waals surface area contributed by atoms with Crippen molar-refractivity contribution in [1.82, 2.24) is 25.2 Å². The SMILES string of the molecule is CCCOC(=O)[C@H](C)NP(=O)(Oc1ccccc1)[C@H](F)c1ccc2sc(C(=O)N[C@H]3CCC[C@H]4CC[C@@H](C(=O)N5C[C@H](c6cccnc6)[C@@H](C#N)C56CC6)N4C3=O)cc2c1. The van der Waals surface area contributed by atoms with Gasteiger partial charge in [-0.15, -0.1) is 11.3 Å². The smallest absolute Gasteiger partial charge is 0.355 e. The topological polar surface area (TPSA) is 171 Å². The molecule has 0 radical (unpaired) electrons. The van der Waals surface area contributed by atoms with Crippen molar-refractivity contribution in [3.63, 3.8) is 0 Å². The number of amides is 3. The van der Waals surface area contributed by atoms with Crippen LogP contribution in [0.2, 0.25) is 0 Å². The molecule has 3 aliphatic heterocycles. The van der Waals surface area contributed by atoms with Gasteiger partial charge in [0.15, 0.2) is 0 Å². The standard InChI is InChI=1S/C44H48FN6O7PS/c1-3-21-57-43(55)27(2)49-59(56,58-32-11-5-4-6-12-32)39(45)28-14-17-37-30(22-28)23-38(60-37)40(52)48-35-13-7-10-31-15-16-36(51(31)41(35)53)42(54)50-26-33(29-9-8-20-47-25-29)34(24-46)44(50)18-19-44/h4-6,8-9,11-12,14,17,20,22-23,25,27,31,33-36,39H,3,7,10,13,15-16,18-19,21,26H2,1-2H3,(H,48,52)(H,49,56)/t27-,31-,33+,34+,35-,36-,39-,59?/m0/s1. The number of carbonyl (C=O) groups excluding carboxylic acids is 4. The van der Waals surface area contributed by atoms with Crippen LogP contribution in [0.3, 0.4) is 0 Å². The molecule has 5 heterocycles. The number of nitrogens with zero attached hydrogens (tertiary/aromatic N) is 4. The summed E-state index contributed by atoms with van der Waals surface area (Å²) in [7, 11) is -4.46. The molecule has 2 N–H and O–H groups in total. The minimum Gasteiger partial charge on any atom is -0.465 e. The molecule has 2 aromatic carbocycles. The van der Waals surface area contributed by atoms with Crippen LogP contribution in [0.4, 0.5) is 4.39 Å². The minimum atomic E-state index is -4.46. The maximum Gasteiger partial charge on any atom is 0.355 e. The number of rotatable bonds is 13. The second kappa shape index (κ2) is 17.1. The molecule has 1 unspecified atom stereocenters. The van der Waals surface area contributed by atoms with Crippen LogP contribution in [0.5, 0.6) is 5.75 Å². The van der Waals surface area contributed by atoms with Crippen molar-refractivity contribution >= 4 is 52.6 Å². The van der Waals surface area contributed by atoms with Gasteiger partial charge >= 0.3 is 13.5 Å². The number of benzene rings is 2. The van der Waals surface area contributed by atoms with Gasteiger partial charge in [-0.25, -0.2) is 9.48 Å². The molecule has 4 aromatic rings. The first kappa shape index (κ1) is 41.6. The first-order chi connectivity index (χ1) is 29.0. The highest BCUT2D eigenvalue weighted by Gasteiger charge is 2.64. The number of aromatic nitrogens is 1. The lowest BCUT2D eigenvalue weighted by Crippen LogP contribution is -2.56. The fourth-order valence-electron chi connectivity index (χ4n) is 9.24. The summed E-state index contributed by atoms with van der Waals surface area (Å²) in [4.78, 5) is 63.5. The van der Waals surface area contributed by atoms with Gasteiger partial charge in [-0.1, -0.05) is 37.3 Å². The number of ether oxygens (including phenoxy) is 1. The van der Waals surface area contributed by atoms with Crippen molar-refractivity contribution in [2.45, 2.75) is 107 Å². The number of nitrogens with one attached hydrogen (secondary N) is 2. The molecule has 314 valence electrons. The molecule has 8 rings (SSSR count). The average Bonchev–Trinajstić information content (AvgIpc) is 3.62. The lowest BCUT2D eigenvalue weighted by Gasteiger charge is -2.35. The Morgan fingerprint density at radius 1 is 1.08 bits per heavy atom. The summed E-state index contributed by atoms with van der Waals surface area (Å²) < 4.78 is 42.5. The van der Waals surface area contributed by atoms with Crippen molar-refractivity contribution in [3.05, 3.63) is 95.1 Å². The van der Waals surface area contributed by atoms with Gasteiger partial charge in [0.1, 0.15) is 23.9 Å². The molecule has 16 heteroatoms. The monoisotopic (exact) mass is 854 g/mol. The van der Waals surface area contributed by atoms with Crippen LogP contribution >= 0.6 is 18.9 Å². The first-order valence-corrected chi connectivity index (χ1v) is 23.2. The number of hydrogen-bond donors (Lipinski definition) is 2. The molecule has 4 fully saturated rings. The molecular formula is C44H48FN6O7PS. The van der Waals surface area contributed by atoms with Crippen LogP contribution in [-0.4, -0.2) is 81.3 Å².